The van der Waals surface area contributed by atoms with E-state index in [0.29, 0.717) is 11.3 Å². The van der Waals surface area contributed by atoms with Crippen LogP contribution in [-0.4, -0.2) is 39.5 Å². The molecule has 3 heterocycles. The quantitative estimate of drug-likeness (QED) is 0.236. The van der Waals surface area contributed by atoms with E-state index in [9.17, 15) is 29.8 Å². The maximum atomic E-state index is 13.9. The third-order valence-corrected chi connectivity index (χ3v) is 7.28. The van der Waals surface area contributed by atoms with Gasteiger partial charge in [-0.15, -0.1) is 0 Å². The number of fused-ring (bicyclic) bond motifs is 4. The Kier molecular flexibility index (Phi) is 4.98. The normalized spacial score (nSPS) is 24.0. The van der Waals surface area contributed by atoms with E-state index >= 15 is 0 Å². The molecule has 3 aliphatic heterocycles. The molecule has 180 valence electrons. The Bertz CT molecular complexity index is 1630. The molecule has 2 amide bonds. The zero-order chi connectivity index (χ0) is 25.8. The third-order valence-electron chi connectivity index (χ3n) is 7.28. The molecule has 0 bridgehead atoms. The van der Waals surface area contributed by atoms with Gasteiger partial charge in [0, 0.05) is 23.9 Å². The van der Waals surface area contributed by atoms with Crippen LogP contribution in [0.3, 0.4) is 0 Å². The van der Waals surface area contributed by atoms with Crippen molar-refractivity contribution in [1.29, 1.82) is 5.26 Å². The first kappa shape index (κ1) is 22.4. The summed E-state index contributed by atoms with van der Waals surface area (Å²) in [4.78, 5) is 54.9. The zero-order valence-electron chi connectivity index (χ0n) is 19.2. The molecule has 0 radical (unpaired) electrons. The molecule has 0 saturated carbocycles. The fraction of sp³-hybridized carbons (Fsp3) is 0.143. The highest BCUT2D eigenvalue weighted by Gasteiger charge is 2.63. The van der Waals surface area contributed by atoms with Gasteiger partial charge in [-0.05, 0) is 35.1 Å². The van der Waals surface area contributed by atoms with E-state index < -0.39 is 46.4 Å². The fourth-order valence-electron chi connectivity index (χ4n) is 5.63. The maximum absolute atomic E-state index is 13.9. The van der Waals surface area contributed by atoms with Crippen LogP contribution >= 0.6 is 0 Å². The van der Waals surface area contributed by atoms with Crippen LogP contribution in [0.4, 0.5) is 11.4 Å². The number of imide groups is 1. The van der Waals surface area contributed by atoms with Crippen LogP contribution in [-0.2, 0) is 9.59 Å². The van der Waals surface area contributed by atoms with Crippen molar-refractivity contribution < 1.29 is 19.3 Å². The summed E-state index contributed by atoms with van der Waals surface area (Å²) in [7, 11) is 0. The number of nitro benzene ring substituents is 1. The first-order chi connectivity index (χ1) is 17.9. The largest absolute Gasteiger partial charge is 0.359 e. The minimum atomic E-state index is -1.06. The van der Waals surface area contributed by atoms with Crippen molar-refractivity contribution >= 4 is 39.7 Å². The van der Waals surface area contributed by atoms with Gasteiger partial charge in [0.2, 0.25) is 11.8 Å². The number of nitro groups is 1. The van der Waals surface area contributed by atoms with Gasteiger partial charge in [0.25, 0.3) is 5.69 Å². The Hall–Kier alpha value is -5.10. The summed E-state index contributed by atoms with van der Waals surface area (Å²) >= 11 is 0. The molecular weight excluding hydrogens is 472 g/mol. The highest BCUT2D eigenvalue weighted by Crippen LogP contribution is 2.47. The molecule has 3 aromatic carbocycles. The Morgan fingerprint density at radius 3 is 2.46 bits per heavy atom. The molecule has 0 aliphatic carbocycles. The minimum absolute atomic E-state index is 0.0754. The zero-order valence-corrected chi connectivity index (χ0v) is 19.2. The minimum Gasteiger partial charge on any atom is -0.359 e. The van der Waals surface area contributed by atoms with Crippen LogP contribution in [0.1, 0.15) is 10.4 Å². The average molecular weight is 490 g/mol. The summed E-state index contributed by atoms with van der Waals surface area (Å²) in [6.45, 7) is 0. The van der Waals surface area contributed by atoms with Crippen LogP contribution in [0.2, 0.25) is 0 Å². The first-order valence-corrected chi connectivity index (χ1v) is 11.6. The summed E-state index contributed by atoms with van der Waals surface area (Å²) in [5.41, 5.74) is 0.566. The molecule has 3 aliphatic rings. The Morgan fingerprint density at radius 1 is 0.946 bits per heavy atom. The lowest BCUT2D eigenvalue weighted by molar-refractivity contribution is -0.384. The smallest absolute Gasteiger partial charge is 0.270 e. The molecule has 0 unspecified atom stereocenters. The number of carbonyl (C=O) groups is 3. The predicted molar refractivity (Wildman–Crippen MR) is 133 cm³/mol. The van der Waals surface area contributed by atoms with Crippen molar-refractivity contribution in [3.63, 3.8) is 0 Å². The molecular formula is C28H18N4O5. The number of hydrogen-bond acceptors (Lipinski definition) is 7. The summed E-state index contributed by atoms with van der Waals surface area (Å²) in [5.74, 6) is -3.36. The molecule has 9 heteroatoms. The van der Waals surface area contributed by atoms with Gasteiger partial charge in [-0.2, -0.15) is 5.26 Å². The van der Waals surface area contributed by atoms with Crippen LogP contribution in [0.5, 0.6) is 0 Å². The number of hydrogen-bond donors (Lipinski definition) is 0. The maximum Gasteiger partial charge on any atom is 0.270 e. The molecule has 0 aromatic heterocycles. The number of carbonyl (C=O) groups excluding carboxylic acids is 3. The topological polar surface area (TPSA) is 125 Å². The van der Waals surface area contributed by atoms with Crippen LogP contribution in [0.15, 0.2) is 90.7 Å². The highest BCUT2D eigenvalue weighted by atomic mass is 16.6. The van der Waals surface area contributed by atoms with E-state index in [0.717, 1.165) is 15.7 Å². The second-order valence-electron chi connectivity index (χ2n) is 9.20. The predicted octanol–water partition coefficient (Wildman–Crippen LogP) is 3.77. The van der Waals surface area contributed by atoms with Crippen LogP contribution in [0, 0.1) is 33.3 Å². The summed E-state index contributed by atoms with van der Waals surface area (Å²) in [6.07, 6.45) is 4.69. The van der Waals surface area contributed by atoms with Crippen molar-refractivity contribution in [2.75, 3.05) is 4.90 Å². The molecule has 37 heavy (non-hydrogen) atoms. The van der Waals surface area contributed by atoms with Gasteiger partial charge in [0.15, 0.2) is 5.78 Å². The lowest BCUT2D eigenvalue weighted by atomic mass is 9.86. The number of anilines is 1. The van der Waals surface area contributed by atoms with Gasteiger partial charge >= 0.3 is 0 Å². The lowest BCUT2D eigenvalue weighted by Crippen LogP contribution is -2.46. The van der Waals surface area contributed by atoms with Gasteiger partial charge in [-0.25, -0.2) is 4.90 Å². The fourth-order valence-corrected chi connectivity index (χ4v) is 5.63. The second-order valence-corrected chi connectivity index (χ2v) is 9.20. The van der Waals surface area contributed by atoms with Gasteiger partial charge in [-0.1, -0.05) is 42.5 Å². The number of nitriles is 1. The standard InChI is InChI=1S/C28H18N4O5/c29-15-16-10-11-30-22(12-16)23-24(25(30)26(33)19-6-3-7-21(14-19)32(36)37)28(35)31(27(23)34)20-9-8-17-4-1-2-5-18(17)13-20/h1-14,22-25H/t22-,23+,24+,25-/m0/s1. The van der Waals surface area contributed by atoms with Gasteiger partial charge in [0.05, 0.1) is 40.1 Å². The summed E-state index contributed by atoms with van der Waals surface area (Å²) in [6, 6.07) is 18.5. The number of nitrogens with zero attached hydrogens (tertiary/aromatic N) is 4. The second kappa shape index (κ2) is 8.24. The van der Waals surface area contributed by atoms with E-state index in [1.54, 1.807) is 29.3 Å². The monoisotopic (exact) mass is 490 g/mol. The molecule has 2 saturated heterocycles. The number of Topliss-reactive ketones (excluding diaryl/α,β-unsaturated/α-hetero) is 1. The lowest BCUT2D eigenvalue weighted by Gasteiger charge is -2.32. The van der Waals surface area contributed by atoms with E-state index in [1.807, 2.05) is 30.3 Å². The van der Waals surface area contributed by atoms with E-state index in [-0.39, 0.29) is 11.3 Å². The molecule has 3 aromatic rings. The Morgan fingerprint density at radius 2 is 1.70 bits per heavy atom. The molecule has 4 atom stereocenters. The van der Waals surface area contributed by atoms with Crippen molar-refractivity contribution in [3.8, 4) is 6.07 Å². The van der Waals surface area contributed by atoms with Crippen LogP contribution in [0.25, 0.3) is 10.8 Å². The number of non-ortho nitro benzene ring substituents is 1. The van der Waals surface area contributed by atoms with Gasteiger partial charge < -0.3 is 4.90 Å². The first-order valence-electron chi connectivity index (χ1n) is 11.6. The van der Waals surface area contributed by atoms with E-state index in [2.05, 4.69) is 6.07 Å². The summed E-state index contributed by atoms with van der Waals surface area (Å²) in [5, 5.41) is 22.6. The SMILES string of the molecule is N#CC1=C[C@H]2[C@H]3C(=O)N(c4ccc5ccccc5c4)C(=O)[C@H]3[C@@H](C(=O)c3cccc([N+](=O)[O-])c3)N2C=C1. The average Bonchev–Trinajstić information content (AvgIpc) is 3.39. The molecule has 2 fully saturated rings. The Balaban J connectivity index is 1.45. The molecule has 0 N–H and O–H groups in total. The van der Waals surface area contributed by atoms with Crippen LogP contribution < -0.4 is 4.90 Å². The molecule has 0 spiro atoms. The van der Waals surface area contributed by atoms with Crippen molar-refractivity contribution in [3.05, 3.63) is 106 Å². The highest BCUT2D eigenvalue weighted by molar-refractivity contribution is 6.25. The molecule has 6 rings (SSSR count). The number of rotatable bonds is 4. The van der Waals surface area contributed by atoms with E-state index in [1.165, 1.54) is 30.3 Å². The Labute approximate surface area is 210 Å². The number of amides is 2. The van der Waals surface area contributed by atoms with Crippen molar-refractivity contribution in [2.24, 2.45) is 11.8 Å². The number of benzene rings is 3. The number of allylic oxidation sites excluding steroid dienone is 2. The van der Waals surface area contributed by atoms with Gasteiger partial charge in [0.1, 0.15) is 6.04 Å². The van der Waals surface area contributed by atoms with Crippen molar-refractivity contribution in [1.82, 2.24) is 4.90 Å². The summed E-state index contributed by atoms with van der Waals surface area (Å²) < 4.78 is 0. The number of ketones is 1. The van der Waals surface area contributed by atoms with E-state index in [4.69, 9.17) is 0 Å². The molecule has 9 nitrogen and oxygen atoms in total. The third kappa shape index (κ3) is 3.34. The van der Waals surface area contributed by atoms with Crippen molar-refractivity contribution in [2.45, 2.75) is 12.1 Å². The van der Waals surface area contributed by atoms with Gasteiger partial charge in [-0.3, -0.25) is 24.5 Å².